The van der Waals surface area contributed by atoms with Crippen LogP contribution in [-0.4, -0.2) is 32.1 Å². The Morgan fingerprint density at radius 3 is 2.70 bits per heavy atom. The van der Waals surface area contributed by atoms with E-state index in [4.69, 9.17) is 0 Å². The average Bonchev–Trinajstić information content (AvgIpc) is 3.23. The molecule has 0 unspecified atom stereocenters. The number of nitrogens with zero attached hydrogens (tertiary/aromatic N) is 3. The Hall–Kier alpha value is -2.34. The molecule has 0 N–H and O–H groups in total. The number of hydrogen-bond acceptors (Lipinski definition) is 4. The first-order valence-electron chi connectivity index (χ1n) is 10.2. The van der Waals surface area contributed by atoms with E-state index in [1.165, 1.54) is 36.4 Å². The van der Waals surface area contributed by atoms with Crippen LogP contribution in [0.15, 0.2) is 76.7 Å². The molecule has 0 atom stereocenters. The third kappa shape index (κ3) is 4.53. The molecule has 4 rings (SSSR count). The minimum absolute atomic E-state index is 0.989. The van der Waals surface area contributed by atoms with Crippen LogP contribution >= 0.6 is 23.1 Å². The van der Waals surface area contributed by atoms with Crippen molar-refractivity contribution in [2.75, 3.05) is 32.1 Å². The van der Waals surface area contributed by atoms with Crippen LogP contribution in [0.3, 0.4) is 0 Å². The summed E-state index contributed by atoms with van der Waals surface area (Å²) in [6.45, 7) is 4.17. The minimum Gasteiger partial charge on any atom is -0.334 e. The monoisotopic (exact) mass is 434 g/mol. The van der Waals surface area contributed by atoms with Gasteiger partial charge in [0.05, 0.1) is 10.7 Å². The third-order valence-electron chi connectivity index (χ3n) is 5.13. The van der Waals surface area contributed by atoms with Crippen molar-refractivity contribution in [1.29, 1.82) is 0 Å². The summed E-state index contributed by atoms with van der Waals surface area (Å²) in [5, 5.41) is 2.54. The number of benzene rings is 2. The molecule has 0 aliphatic carbocycles. The predicted molar refractivity (Wildman–Crippen MR) is 132 cm³/mol. The summed E-state index contributed by atoms with van der Waals surface area (Å²) in [4.78, 5) is 6.01. The topological polar surface area (TPSA) is 10.4 Å². The third-order valence-corrected chi connectivity index (χ3v) is 7.43. The van der Waals surface area contributed by atoms with Crippen molar-refractivity contribution in [3.8, 4) is 0 Å². The Morgan fingerprint density at radius 2 is 1.90 bits per heavy atom. The molecule has 0 saturated carbocycles. The van der Waals surface area contributed by atoms with Crippen LogP contribution in [-0.2, 0) is 7.05 Å². The molecule has 30 heavy (non-hydrogen) atoms. The maximum Gasteiger partial charge on any atom is 0.262 e. The smallest absolute Gasteiger partial charge is 0.262 e. The van der Waals surface area contributed by atoms with Crippen molar-refractivity contribution in [3.05, 3.63) is 82.4 Å². The molecule has 5 heteroatoms. The number of thiazole rings is 1. The van der Waals surface area contributed by atoms with Crippen LogP contribution in [0.1, 0.15) is 10.6 Å². The molecule has 3 aromatic rings. The quantitative estimate of drug-likeness (QED) is 0.368. The van der Waals surface area contributed by atoms with Gasteiger partial charge in [-0.15, -0.1) is 0 Å². The summed E-state index contributed by atoms with van der Waals surface area (Å²) < 4.78 is 3.56. The molecular formula is C25H28N3S2+. The van der Waals surface area contributed by atoms with Crippen molar-refractivity contribution in [2.45, 2.75) is 11.8 Å². The standard InChI is InChI=1S/C25H28N3S2/c1-19-14-15-21-23(18-19)30-25(28(21)17-16-26(2)3)13-7-5-6-12-24-27(4)20-10-8-9-11-22(20)29-24/h5-15,18H,16-17H2,1-4H3/q+1. The van der Waals surface area contributed by atoms with Gasteiger partial charge in [-0.05, 0) is 50.9 Å². The fraction of sp³-hybridized carbons (Fsp3) is 0.240. The summed E-state index contributed by atoms with van der Waals surface area (Å²) in [5.41, 5.74) is 3.91. The van der Waals surface area contributed by atoms with E-state index >= 15 is 0 Å². The number of anilines is 1. The van der Waals surface area contributed by atoms with E-state index in [-0.39, 0.29) is 0 Å². The van der Waals surface area contributed by atoms with Gasteiger partial charge >= 0.3 is 0 Å². The lowest BCUT2D eigenvalue weighted by Crippen LogP contribution is -2.28. The van der Waals surface area contributed by atoms with Gasteiger partial charge in [0.1, 0.15) is 11.7 Å². The summed E-state index contributed by atoms with van der Waals surface area (Å²) >= 11 is 3.68. The fourth-order valence-corrected chi connectivity index (χ4v) is 5.74. The van der Waals surface area contributed by atoms with Crippen molar-refractivity contribution in [1.82, 2.24) is 4.90 Å². The highest BCUT2D eigenvalue weighted by Gasteiger charge is 2.24. The predicted octanol–water partition coefficient (Wildman–Crippen LogP) is 5.62. The highest BCUT2D eigenvalue weighted by atomic mass is 32.2. The van der Waals surface area contributed by atoms with Gasteiger partial charge in [0.2, 0.25) is 5.52 Å². The Labute approximate surface area is 187 Å². The highest BCUT2D eigenvalue weighted by Crippen LogP contribution is 2.46. The van der Waals surface area contributed by atoms with E-state index in [1.807, 2.05) is 23.1 Å². The van der Waals surface area contributed by atoms with Gasteiger partial charge in [-0.25, -0.2) is 0 Å². The normalized spacial score (nSPS) is 15.5. The number of rotatable bonds is 6. The zero-order valence-electron chi connectivity index (χ0n) is 18.0. The van der Waals surface area contributed by atoms with Crippen LogP contribution in [0.5, 0.6) is 0 Å². The molecule has 3 nitrogen and oxygen atoms in total. The molecule has 0 amide bonds. The van der Waals surface area contributed by atoms with E-state index in [0.29, 0.717) is 0 Å². The first-order chi connectivity index (χ1) is 14.5. The van der Waals surface area contributed by atoms with Crippen molar-refractivity contribution < 1.29 is 4.57 Å². The summed E-state index contributed by atoms with van der Waals surface area (Å²) in [5.74, 6) is 0. The van der Waals surface area contributed by atoms with Gasteiger partial charge in [0.15, 0.2) is 0 Å². The summed E-state index contributed by atoms with van der Waals surface area (Å²) in [6, 6.07) is 15.3. The van der Waals surface area contributed by atoms with E-state index in [2.05, 4.69) is 115 Å². The van der Waals surface area contributed by atoms with Crippen LogP contribution < -0.4 is 9.47 Å². The molecule has 0 fully saturated rings. The number of thioether (sulfide) groups is 1. The Bertz CT molecular complexity index is 1140. The summed E-state index contributed by atoms with van der Waals surface area (Å²) in [6.07, 6.45) is 10.8. The zero-order chi connectivity index (χ0) is 21.1. The second kappa shape index (κ2) is 9.21. The van der Waals surface area contributed by atoms with Crippen molar-refractivity contribution in [2.24, 2.45) is 7.05 Å². The van der Waals surface area contributed by atoms with Gasteiger partial charge in [0, 0.05) is 30.1 Å². The van der Waals surface area contributed by atoms with Crippen LogP contribution in [0.25, 0.3) is 16.3 Å². The molecule has 0 bridgehead atoms. The molecule has 0 radical (unpaired) electrons. The van der Waals surface area contributed by atoms with E-state index in [1.54, 1.807) is 0 Å². The number of aryl methyl sites for hydroxylation is 2. The van der Waals surface area contributed by atoms with Gasteiger partial charge in [0.25, 0.3) is 5.01 Å². The van der Waals surface area contributed by atoms with Crippen molar-refractivity contribution in [3.63, 3.8) is 0 Å². The van der Waals surface area contributed by atoms with Crippen LogP contribution in [0, 0.1) is 6.92 Å². The van der Waals surface area contributed by atoms with Gasteiger partial charge < -0.3 is 9.80 Å². The van der Waals surface area contributed by atoms with E-state index in [9.17, 15) is 0 Å². The van der Waals surface area contributed by atoms with E-state index < -0.39 is 0 Å². The minimum atomic E-state index is 0.989. The lowest BCUT2D eigenvalue weighted by molar-refractivity contribution is -0.642. The SMILES string of the molecule is Cc1ccc2c(c1)S\C(=C/C=C/C=C/c1sc3ccccc3[n+]1C)N2CCN(C)C. The molecule has 154 valence electrons. The van der Waals surface area contributed by atoms with Gasteiger partial charge in [-0.2, -0.15) is 4.57 Å². The molecule has 0 saturated heterocycles. The van der Waals surface area contributed by atoms with Crippen LogP contribution in [0.2, 0.25) is 0 Å². The Morgan fingerprint density at radius 1 is 1.07 bits per heavy atom. The second-order valence-corrected chi connectivity index (χ2v) is 9.87. The lowest BCUT2D eigenvalue weighted by Gasteiger charge is -2.22. The summed E-state index contributed by atoms with van der Waals surface area (Å²) in [7, 11) is 6.38. The Balaban J connectivity index is 1.50. The number of aromatic nitrogens is 1. The number of hydrogen-bond donors (Lipinski definition) is 0. The molecule has 1 aliphatic heterocycles. The molecule has 2 aromatic carbocycles. The highest BCUT2D eigenvalue weighted by molar-refractivity contribution is 8.03. The molecule has 0 spiro atoms. The van der Waals surface area contributed by atoms with E-state index in [0.717, 1.165) is 13.1 Å². The molecule has 1 aromatic heterocycles. The first-order valence-corrected chi connectivity index (χ1v) is 11.8. The number of likely N-dealkylation sites (N-methyl/N-ethyl adjacent to an activating group) is 1. The maximum atomic E-state index is 2.43. The van der Waals surface area contributed by atoms with Crippen LogP contribution in [0.4, 0.5) is 5.69 Å². The fourth-order valence-electron chi connectivity index (χ4n) is 3.47. The second-order valence-electron chi connectivity index (χ2n) is 7.74. The van der Waals surface area contributed by atoms with Gasteiger partial charge in [-0.1, -0.05) is 59.5 Å². The Kier molecular flexibility index (Phi) is 6.42. The number of para-hydroxylation sites is 1. The average molecular weight is 435 g/mol. The van der Waals surface area contributed by atoms with Gasteiger partial charge in [-0.3, -0.25) is 0 Å². The number of fused-ring (bicyclic) bond motifs is 2. The number of allylic oxidation sites excluding steroid dienone is 4. The maximum absolute atomic E-state index is 2.43. The molecule has 1 aliphatic rings. The first kappa shape index (κ1) is 20.9. The molecular weight excluding hydrogens is 406 g/mol. The zero-order valence-corrected chi connectivity index (χ0v) is 19.6. The largest absolute Gasteiger partial charge is 0.334 e. The molecule has 2 heterocycles. The lowest BCUT2D eigenvalue weighted by atomic mass is 10.2. The van der Waals surface area contributed by atoms with Crippen molar-refractivity contribution >= 4 is 45.1 Å².